The lowest BCUT2D eigenvalue weighted by atomic mass is 9.69. The van der Waals surface area contributed by atoms with Crippen molar-refractivity contribution in [3.8, 4) is 0 Å². The fourth-order valence-electron chi connectivity index (χ4n) is 3.45. The van der Waals surface area contributed by atoms with E-state index in [4.69, 9.17) is 9.47 Å². The zero-order chi connectivity index (χ0) is 22.1. The van der Waals surface area contributed by atoms with Crippen LogP contribution >= 0.6 is 0 Å². The van der Waals surface area contributed by atoms with Gasteiger partial charge in [0, 0.05) is 17.7 Å². The smallest absolute Gasteiger partial charge is 0.314 e. The molecule has 0 radical (unpaired) electrons. The molecule has 0 saturated carbocycles. The molecule has 156 valence electrons. The Kier molecular flexibility index (Phi) is 5.26. The molecule has 0 amide bonds. The molecule has 0 bridgehead atoms. The molecule has 0 spiro atoms. The number of hydrogen-bond acceptors (Lipinski definition) is 8. The van der Waals surface area contributed by atoms with Crippen LogP contribution in [0.1, 0.15) is 25.0 Å². The van der Waals surface area contributed by atoms with Crippen LogP contribution in [-0.2, 0) is 19.8 Å². The minimum absolute atomic E-state index is 0.0253. The highest BCUT2D eigenvalue weighted by Crippen LogP contribution is 2.47. The van der Waals surface area contributed by atoms with Crippen LogP contribution in [0.5, 0.6) is 0 Å². The number of nitro groups is 2. The molecule has 0 aromatic heterocycles. The van der Waals surface area contributed by atoms with E-state index in [1.807, 2.05) is 6.07 Å². The number of carbonyl (C=O) groups excluding carboxylic acids is 1. The van der Waals surface area contributed by atoms with E-state index in [1.165, 1.54) is 7.11 Å². The van der Waals surface area contributed by atoms with Gasteiger partial charge in [0.1, 0.15) is 12.1 Å². The summed E-state index contributed by atoms with van der Waals surface area (Å²) in [5, 5.41) is 22.4. The highest BCUT2D eigenvalue weighted by Gasteiger charge is 2.56. The van der Waals surface area contributed by atoms with Crippen molar-refractivity contribution in [1.29, 1.82) is 0 Å². The van der Waals surface area contributed by atoms with E-state index in [-0.39, 0.29) is 18.1 Å². The van der Waals surface area contributed by atoms with Gasteiger partial charge in [-0.2, -0.15) is 0 Å². The van der Waals surface area contributed by atoms with Crippen LogP contribution in [0.2, 0.25) is 0 Å². The summed E-state index contributed by atoms with van der Waals surface area (Å²) in [5.74, 6) is -0.549. The van der Waals surface area contributed by atoms with Crippen LogP contribution in [0.25, 0.3) is 0 Å². The molecule has 3 rings (SSSR count). The maximum Gasteiger partial charge on any atom is 0.314 e. The number of hydrogen-bond donors (Lipinski definition) is 0. The molecule has 2 aromatic carbocycles. The summed E-state index contributed by atoms with van der Waals surface area (Å²) in [6, 6.07) is 12.1. The summed E-state index contributed by atoms with van der Waals surface area (Å²) >= 11 is 0. The number of non-ortho nitro benzene ring substituents is 2. The topological polar surface area (TPSA) is 134 Å². The van der Waals surface area contributed by atoms with E-state index in [2.05, 4.69) is 4.99 Å². The molecule has 10 heteroatoms. The van der Waals surface area contributed by atoms with Gasteiger partial charge in [-0.25, -0.2) is 4.99 Å². The summed E-state index contributed by atoms with van der Waals surface area (Å²) in [7, 11) is 1.27. The van der Waals surface area contributed by atoms with Crippen molar-refractivity contribution in [2.45, 2.75) is 19.4 Å². The van der Waals surface area contributed by atoms with Crippen LogP contribution in [0.3, 0.4) is 0 Å². The van der Waals surface area contributed by atoms with Gasteiger partial charge in [-0.1, -0.05) is 30.3 Å². The number of benzene rings is 2. The van der Waals surface area contributed by atoms with Gasteiger partial charge in [0.25, 0.3) is 11.4 Å². The zero-order valence-corrected chi connectivity index (χ0v) is 16.5. The molecule has 10 nitrogen and oxygen atoms in total. The van der Waals surface area contributed by atoms with Crippen LogP contribution in [-0.4, -0.2) is 35.4 Å². The Labute approximate surface area is 171 Å². The van der Waals surface area contributed by atoms with E-state index >= 15 is 0 Å². The van der Waals surface area contributed by atoms with Gasteiger partial charge in [0.05, 0.1) is 28.4 Å². The SMILES string of the molecule is COC(=O)C(C)(C)C1(c2ccccc2)COC(c2cc([N+](=O)[O-])cc([N+](=O)[O-])c2)=N1. The second-order valence-corrected chi connectivity index (χ2v) is 7.30. The minimum Gasteiger partial charge on any atom is -0.474 e. The largest absolute Gasteiger partial charge is 0.474 e. The number of aliphatic imine (C=N–C) groups is 1. The Morgan fingerprint density at radius 1 is 1.10 bits per heavy atom. The van der Waals surface area contributed by atoms with E-state index in [0.29, 0.717) is 5.56 Å². The third-order valence-corrected chi connectivity index (χ3v) is 5.26. The molecule has 1 aliphatic rings. The average molecular weight is 413 g/mol. The third-order valence-electron chi connectivity index (χ3n) is 5.26. The molecular formula is C20H19N3O7. The van der Waals surface area contributed by atoms with Gasteiger partial charge in [0.2, 0.25) is 5.90 Å². The standard InChI is InChI=1S/C20H19N3O7/c1-19(2,18(24)29-3)20(14-7-5-4-6-8-14)12-30-17(21-20)13-9-15(22(25)26)11-16(10-13)23(27)28/h4-11H,12H2,1-3H3. The Morgan fingerprint density at radius 3 is 2.17 bits per heavy atom. The number of nitrogens with zero attached hydrogens (tertiary/aromatic N) is 3. The lowest BCUT2D eigenvalue weighted by molar-refractivity contribution is -0.394. The van der Waals surface area contributed by atoms with Crippen molar-refractivity contribution in [2.24, 2.45) is 10.4 Å². The van der Waals surface area contributed by atoms with E-state index in [9.17, 15) is 25.0 Å². The Hall–Kier alpha value is -3.82. The molecule has 0 aliphatic carbocycles. The van der Waals surface area contributed by atoms with Crippen LogP contribution in [0.15, 0.2) is 53.5 Å². The normalized spacial score (nSPS) is 18.3. The number of methoxy groups -OCH3 is 1. The van der Waals surface area contributed by atoms with Crippen LogP contribution in [0, 0.1) is 25.6 Å². The zero-order valence-electron chi connectivity index (χ0n) is 16.5. The Balaban J connectivity index is 2.22. The number of esters is 1. The molecule has 1 atom stereocenters. The first-order valence-electron chi connectivity index (χ1n) is 8.93. The molecule has 0 N–H and O–H groups in total. The van der Waals surface area contributed by atoms with Gasteiger partial charge in [-0.3, -0.25) is 25.0 Å². The highest BCUT2D eigenvalue weighted by atomic mass is 16.6. The summed E-state index contributed by atoms with van der Waals surface area (Å²) in [4.78, 5) is 38.2. The summed E-state index contributed by atoms with van der Waals surface area (Å²) in [6.07, 6.45) is 0. The highest BCUT2D eigenvalue weighted by molar-refractivity contribution is 5.97. The van der Waals surface area contributed by atoms with Gasteiger partial charge in [-0.15, -0.1) is 0 Å². The van der Waals surface area contributed by atoms with Gasteiger partial charge >= 0.3 is 5.97 Å². The monoisotopic (exact) mass is 413 g/mol. The second kappa shape index (κ2) is 7.54. The van der Waals surface area contributed by atoms with Crippen LogP contribution < -0.4 is 0 Å². The maximum absolute atomic E-state index is 12.6. The van der Waals surface area contributed by atoms with Gasteiger partial charge in [0.15, 0.2) is 0 Å². The number of ether oxygens (including phenoxy) is 2. The van der Waals surface area contributed by atoms with Crippen molar-refractivity contribution < 1.29 is 24.1 Å². The van der Waals surface area contributed by atoms with Crippen LogP contribution in [0.4, 0.5) is 11.4 Å². The van der Waals surface area contributed by atoms with Gasteiger partial charge < -0.3 is 9.47 Å². The molecule has 1 aliphatic heterocycles. The van der Waals surface area contributed by atoms with Crippen molar-refractivity contribution in [3.05, 3.63) is 79.9 Å². The first kappa shape index (κ1) is 20.9. The Morgan fingerprint density at radius 2 is 1.67 bits per heavy atom. The van der Waals surface area contributed by atoms with Gasteiger partial charge in [-0.05, 0) is 19.4 Å². The fraction of sp³-hybridized carbons (Fsp3) is 0.300. The number of nitro benzene ring substituents is 2. The summed E-state index contributed by atoms with van der Waals surface area (Å²) < 4.78 is 10.7. The van der Waals surface area contributed by atoms with E-state index in [1.54, 1.807) is 38.1 Å². The first-order valence-corrected chi connectivity index (χ1v) is 8.93. The lowest BCUT2D eigenvalue weighted by Gasteiger charge is -2.38. The molecule has 1 unspecified atom stereocenters. The molecule has 0 fully saturated rings. The molecule has 0 saturated heterocycles. The lowest BCUT2D eigenvalue weighted by Crippen LogP contribution is -2.47. The summed E-state index contributed by atoms with van der Waals surface area (Å²) in [6.45, 7) is 3.28. The van der Waals surface area contributed by atoms with E-state index in [0.717, 1.165) is 18.2 Å². The quantitative estimate of drug-likeness (QED) is 0.402. The molecule has 30 heavy (non-hydrogen) atoms. The van der Waals surface area contributed by atoms with Crippen molar-refractivity contribution in [2.75, 3.05) is 13.7 Å². The van der Waals surface area contributed by atoms with E-state index < -0.39 is 38.1 Å². The molecular weight excluding hydrogens is 394 g/mol. The van der Waals surface area contributed by atoms with Crippen molar-refractivity contribution >= 4 is 23.2 Å². The van der Waals surface area contributed by atoms with Crippen molar-refractivity contribution in [3.63, 3.8) is 0 Å². The first-order chi connectivity index (χ1) is 14.1. The summed E-state index contributed by atoms with van der Waals surface area (Å²) in [5.41, 5.74) is -2.54. The molecule has 2 aromatic rings. The average Bonchev–Trinajstić information content (AvgIpc) is 3.20. The fourth-order valence-corrected chi connectivity index (χ4v) is 3.45. The predicted molar refractivity (Wildman–Crippen MR) is 106 cm³/mol. The second-order valence-electron chi connectivity index (χ2n) is 7.30. The predicted octanol–water partition coefficient (Wildman–Crippen LogP) is 3.37. The number of carbonyl (C=O) groups is 1. The third kappa shape index (κ3) is 3.36. The van der Waals surface area contributed by atoms with Crippen molar-refractivity contribution in [1.82, 2.24) is 0 Å². The minimum atomic E-state index is -1.20. The maximum atomic E-state index is 12.6. The molecule has 1 heterocycles. The number of rotatable bonds is 6. The Bertz CT molecular complexity index is 1020.